The van der Waals surface area contributed by atoms with E-state index in [0.717, 1.165) is 25.1 Å². The van der Waals surface area contributed by atoms with Crippen molar-refractivity contribution in [1.29, 1.82) is 0 Å². The van der Waals surface area contributed by atoms with E-state index in [-0.39, 0.29) is 6.09 Å². The summed E-state index contributed by atoms with van der Waals surface area (Å²) in [5.41, 5.74) is -0.454. The Bertz CT molecular complexity index is 410. The first-order valence-corrected chi connectivity index (χ1v) is 7.02. The summed E-state index contributed by atoms with van der Waals surface area (Å²) in [6.45, 7) is 9.51. The van der Waals surface area contributed by atoms with Crippen LogP contribution in [0.1, 0.15) is 45.8 Å². The molecule has 0 unspecified atom stereocenters. The van der Waals surface area contributed by atoms with Gasteiger partial charge in [-0.05, 0) is 33.7 Å². The molecule has 2 N–H and O–H groups in total. The molecule has 0 saturated heterocycles. The Kier molecular flexibility index (Phi) is 6.51. The molecule has 0 fully saturated rings. The lowest BCUT2D eigenvalue weighted by atomic mass is 10.2. The average molecular weight is 283 g/mol. The van der Waals surface area contributed by atoms with E-state index in [1.807, 2.05) is 27.7 Å². The third-order valence-electron chi connectivity index (χ3n) is 2.42. The minimum Gasteiger partial charge on any atom is -0.444 e. The molecule has 0 radical (unpaired) electrons. The molecular formula is C14H25N3O3. The lowest BCUT2D eigenvalue weighted by Gasteiger charge is -2.19. The monoisotopic (exact) mass is 283 g/mol. The number of aryl methyl sites for hydroxylation is 1. The van der Waals surface area contributed by atoms with E-state index < -0.39 is 5.60 Å². The van der Waals surface area contributed by atoms with Gasteiger partial charge in [0.2, 0.25) is 5.89 Å². The average Bonchev–Trinajstić information content (AvgIpc) is 2.79. The minimum absolute atomic E-state index is 0.377. The highest BCUT2D eigenvalue weighted by atomic mass is 16.6. The Morgan fingerprint density at radius 2 is 2.15 bits per heavy atom. The predicted octanol–water partition coefficient (Wildman–Crippen LogP) is 2.24. The largest absolute Gasteiger partial charge is 0.444 e. The van der Waals surface area contributed by atoms with Gasteiger partial charge in [0.25, 0.3) is 0 Å². The Balaban J connectivity index is 2.03. The van der Waals surface area contributed by atoms with Crippen molar-refractivity contribution in [3.63, 3.8) is 0 Å². The first kappa shape index (κ1) is 16.5. The van der Waals surface area contributed by atoms with Crippen LogP contribution in [0, 0.1) is 0 Å². The van der Waals surface area contributed by atoms with Crippen LogP contribution in [0.25, 0.3) is 0 Å². The molecule has 6 heteroatoms. The fourth-order valence-corrected chi connectivity index (χ4v) is 1.51. The Labute approximate surface area is 120 Å². The van der Waals surface area contributed by atoms with Crippen LogP contribution in [0.4, 0.5) is 4.79 Å². The predicted molar refractivity (Wildman–Crippen MR) is 76.4 cm³/mol. The molecule has 0 spiro atoms. The highest BCUT2D eigenvalue weighted by molar-refractivity contribution is 5.67. The third kappa shape index (κ3) is 7.13. The van der Waals surface area contributed by atoms with E-state index in [0.29, 0.717) is 19.0 Å². The summed E-state index contributed by atoms with van der Waals surface area (Å²) in [5, 5.41) is 5.92. The van der Waals surface area contributed by atoms with Crippen LogP contribution < -0.4 is 10.6 Å². The Morgan fingerprint density at radius 3 is 2.75 bits per heavy atom. The molecule has 0 aromatic carbocycles. The number of hydrogen-bond acceptors (Lipinski definition) is 5. The fourth-order valence-electron chi connectivity index (χ4n) is 1.51. The van der Waals surface area contributed by atoms with Crippen molar-refractivity contribution in [2.75, 3.05) is 13.1 Å². The number of nitrogens with one attached hydrogen (secondary N) is 2. The number of nitrogens with zero attached hydrogens (tertiary/aromatic N) is 1. The molecule has 1 heterocycles. The first-order chi connectivity index (χ1) is 9.40. The highest BCUT2D eigenvalue weighted by Crippen LogP contribution is 2.06. The summed E-state index contributed by atoms with van der Waals surface area (Å²) in [6, 6.07) is 0. The molecule has 1 amide bonds. The van der Waals surface area contributed by atoms with E-state index in [4.69, 9.17) is 9.15 Å². The first-order valence-electron chi connectivity index (χ1n) is 7.02. The topological polar surface area (TPSA) is 76.4 Å². The normalized spacial score (nSPS) is 11.4. The van der Waals surface area contributed by atoms with Gasteiger partial charge in [0.15, 0.2) is 0 Å². The van der Waals surface area contributed by atoms with Crippen LogP contribution >= 0.6 is 0 Å². The van der Waals surface area contributed by atoms with Gasteiger partial charge in [-0.1, -0.05) is 6.92 Å². The quantitative estimate of drug-likeness (QED) is 0.750. The molecular weight excluding hydrogens is 258 g/mol. The summed E-state index contributed by atoms with van der Waals surface area (Å²) in [4.78, 5) is 15.5. The van der Waals surface area contributed by atoms with Crippen molar-refractivity contribution in [2.45, 2.75) is 52.7 Å². The van der Waals surface area contributed by atoms with Gasteiger partial charge in [0.1, 0.15) is 11.4 Å². The molecule has 1 aromatic rings. The summed E-state index contributed by atoms with van der Waals surface area (Å²) in [6.07, 6.45) is 3.05. The Morgan fingerprint density at radius 1 is 1.40 bits per heavy atom. The van der Waals surface area contributed by atoms with Crippen LogP contribution in [0.2, 0.25) is 0 Å². The van der Waals surface area contributed by atoms with Gasteiger partial charge >= 0.3 is 6.09 Å². The van der Waals surface area contributed by atoms with Gasteiger partial charge in [-0.2, -0.15) is 0 Å². The summed E-state index contributed by atoms with van der Waals surface area (Å²) in [7, 11) is 0. The minimum atomic E-state index is -0.454. The molecule has 0 atom stereocenters. The number of carbonyl (C=O) groups is 1. The standard InChI is InChI=1S/C14H25N3O3/c1-5-11-9-17-12(19-11)10-15-7-6-8-16-13(18)20-14(2,3)4/h9,15H,5-8,10H2,1-4H3,(H,16,18). The van der Waals surface area contributed by atoms with E-state index in [1.165, 1.54) is 0 Å². The lowest BCUT2D eigenvalue weighted by molar-refractivity contribution is 0.0527. The maximum absolute atomic E-state index is 11.4. The number of amides is 1. The zero-order valence-electron chi connectivity index (χ0n) is 12.8. The molecule has 1 rings (SSSR count). The molecule has 0 aliphatic heterocycles. The van der Waals surface area contributed by atoms with Gasteiger partial charge in [-0.3, -0.25) is 0 Å². The van der Waals surface area contributed by atoms with Crippen molar-refractivity contribution in [3.05, 3.63) is 17.8 Å². The summed E-state index contributed by atoms with van der Waals surface area (Å²) in [5.74, 6) is 1.59. The number of aromatic nitrogens is 1. The second kappa shape index (κ2) is 7.89. The maximum atomic E-state index is 11.4. The third-order valence-corrected chi connectivity index (χ3v) is 2.42. The van der Waals surface area contributed by atoms with Crippen molar-refractivity contribution in [3.8, 4) is 0 Å². The molecule has 114 valence electrons. The molecule has 1 aromatic heterocycles. The molecule has 20 heavy (non-hydrogen) atoms. The van der Waals surface area contributed by atoms with Crippen LogP contribution in [0.15, 0.2) is 10.6 Å². The SMILES string of the molecule is CCc1cnc(CNCCCNC(=O)OC(C)(C)C)o1. The van der Waals surface area contributed by atoms with Crippen LogP contribution in [0.3, 0.4) is 0 Å². The highest BCUT2D eigenvalue weighted by Gasteiger charge is 2.15. The van der Waals surface area contributed by atoms with Crippen molar-refractivity contribution >= 4 is 6.09 Å². The smallest absolute Gasteiger partial charge is 0.407 e. The van der Waals surface area contributed by atoms with Gasteiger partial charge in [-0.15, -0.1) is 0 Å². The Hall–Kier alpha value is -1.56. The molecule has 6 nitrogen and oxygen atoms in total. The van der Waals surface area contributed by atoms with E-state index >= 15 is 0 Å². The van der Waals surface area contributed by atoms with Gasteiger partial charge in [0, 0.05) is 13.0 Å². The summed E-state index contributed by atoms with van der Waals surface area (Å²) < 4.78 is 10.6. The van der Waals surface area contributed by atoms with Crippen LogP contribution in [-0.2, 0) is 17.7 Å². The van der Waals surface area contributed by atoms with Crippen LogP contribution in [0.5, 0.6) is 0 Å². The number of alkyl carbamates (subject to hydrolysis) is 1. The molecule has 0 saturated carbocycles. The van der Waals surface area contributed by atoms with Gasteiger partial charge < -0.3 is 19.8 Å². The number of oxazole rings is 1. The van der Waals surface area contributed by atoms with E-state index in [9.17, 15) is 4.79 Å². The van der Waals surface area contributed by atoms with Crippen LogP contribution in [-0.4, -0.2) is 29.8 Å². The zero-order valence-corrected chi connectivity index (χ0v) is 12.8. The molecule has 0 aliphatic carbocycles. The van der Waals surface area contributed by atoms with Crippen molar-refractivity contribution < 1.29 is 13.9 Å². The molecule has 0 aliphatic rings. The van der Waals surface area contributed by atoms with Gasteiger partial charge in [-0.25, -0.2) is 9.78 Å². The second-order valence-corrected chi connectivity index (χ2v) is 5.53. The zero-order chi connectivity index (χ0) is 15.0. The number of ether oxygens (including phenoxy) is 1. The number of carbonyl (C=O) groups excluding carboxylic acids is 1. The van der Waals surface area contributed by atoms with Crippen molar-refractivity contribution in [1.82, 2.24) is 15.6 Å². The lowest BCUT2D eigenvalue weighted by Crippen LogP contribution is -2.33. The summed E-state index contributed by atoms with van der Waals surface area (Å²) >= 11 is 0. The second-order valence-electron chi connectivity index (χ2n) is 5.53. The number of rotatable bonds is 7. The van der Waals surface area contributed by atoms with Crippen molar-refractivity contribution in [2.24, 2.45) is 0 Å². The molecule has 0 bridgehead atoms. The van der Waals surface area contributed by atoms with Gasteiger partial charge in [0.05, 0.1) is 12.7 Å². The van der Waals surface area contributed by atoms with E-state index in [2.05, 4.69) is 15.6 Å². The van der Waals surface area contributed by atoms with E-state index in [1.54, 1.807) is 6.20 Å². The maximum Gasteiger partial charge on any atom is 0.407 e. The fraction of sp³-hybridized carbons (Fsp3) is 0.714. The number of hydrogen-bond donors (Lipinski definition) is 2.